The minimum atomic E-state index is -0.172. The number of aryl methyl sites for hydroxylation is 1. The van der Waals surface area contributed by atoms with E-state index in [9.17, 15) is 4.79 Å². The van der Waals surface area contributed by atoms with Crippen LogP contribution in [0.2, 0.25) is 0 Å². The summed E-state index contributed by atoms with van der Waals surface area (Å²) in [7, 11) is 3.24. The van der Waals surface area contributed by atoms with Crippen LogP contribution in [-0.2, 0) is 6.42 Å². The Morgan fingerprint density at radius 3 is 2.50 bits per heavy atom. The van der Waals surface area contributed by atoms with Crippen molar-refractivity contribution >= 4 is 11.7 Å². The van der Waals surface area contributed by atoms with E-state index in [0.717, 1.165) is 18.4 Å². The number of amides is 1. The summed E-state index contributed by atoms with van der Waals surface area (Å²) in [4.78, 5) is 20.9. The average Bonchev–Trinajstić information content (AvgIpc) is 2.67. The Bertz CT molecular complexity index is 793. The van der Waals surface area contributed by atoms with Crippen LogP contribution in [0.25, 0.3) is 0 Å². The fourth-order valence-corrected chi connectivity index (χ4v) is 2.71. The molecule has 7 nitrogen and oxygen atoms in total. The highest BCUT2D eigenvalue weighted by atomic mass is 16.5. The summed E-state index contributed by atoms with van der Waals surface area (Å²) < 4.78 is 10.6. The van der Waals surface area contributed by atoms with Crippen molar-refractivity contribution in [1.29, 1.82) is 0 Å². The molecule has 2 N–H and O–H groups in total. The fraction of sp³-hybridized carbons (Fsp3) is 0.476. The molecule has 152 valence electrons. The maximum absolute atomic E-state index is 12.3. The zero-order chi connectivity index (χ0) is 20.5. The molecule has 0 saturated heterocycles. The number of nitrogens with one attached hydrogen (secondary N) is 2. The monoisotopic (exact) mass is 386 g/mol. The van der Waals surface area contributed by atoms with Gasteiger partial charge in [0.05, 0.1) is 14.2 Å². The first-order valence-corrected chi connectivity index (χ1v) is 9.51. The highest BCUT2D eigenvalue weighted by molar-refractivity contribution is 5.92. The number of carbonyl (C=O) groups is 1. The van der Waals surface area contributed by atoms with E-state index in [4.69, 9.17) is 9.47 Å². The minimum Gasteiger partial charge on any atom is -0.493 e. The van der Waals surface area contributed by atoms with Crippen LogP contribution in [0.3, 0.4) is 0 Å². The van der Waals surface area contributed by atoms with Gasteiger partial charge in [0.25, 0.3) is 5.91 Å². The molecule has 1 amide bonds. The van der Waals surface area contributed by atoms with Crippen molar-refractivity contribution in [3.05, 3.63) is 41.3 Å². The van der Waals surface area contributed by atoms with E-state index in [1.165, 1.54) is 0 Å². The van der Waals surface area contributed by atoms with Gasteiger partial charge in [-0.2, -0.15) is 0 Å². The normalized spacial score (nSPS) is 10.6. The molecule has 2 rings (SSSR count). The van der Waals surface area contributed by atoms with Crippen LogP contribution in [0.1, 0.15) is 42.1 Å². The van der Waals surface area contributed by atoms with Gasteiger partial charge in [-0.25, -0.2) is 9.97 Å². The number of nitrogens with zero attached hydrogens (tertiary/aromatic N) is 2. The van der Waals surface area contributed by atoms with Gasteiger partial charge in [0.15, 0.2) is 11.5 Å². The van der Waals surface area contributed by atoms with Crippen molar-refractivity contribution in [1.82, 2.24) is 15.3 Å². The average molecular weight is 386 g/mol. The maximum atomic E-state index is 12.3. The number of methoxy groups -OCH3 is 2. The first-order chi connectivity index (χ1) is 13.4. The maximum Gasteiger partial charge on any atom is 0.270 e. The molecular weight excluding hydrogens is 356 g/mol. The van der Waals surface area contributed by atoms with Crippen LogP contribution >= 0.6 is 0 Å². The van der Waals surface area contributed by atoms with Crippen LogP contribution < -0.4 is 20.1 Å². The van der Waals surface area contributed by atoms with Gasteiger partial charge in [0, 0.05) is 19.2 Å². The number of hydrogen-bond donors (Lipinski definition) is 2. The lowest BCUT2D eigenvalue weighted by molar-refractivity contribution is 0.0946. The lowest BCUT2D eigenvalue weighted by Gasteiger charge is -2.11. The number of carbonyl (C=O) groups excluding carboxylic acids is 1. The molecule has 0 aliphatic heterocycles. The molecule has 0 spiro atoms. The van der Waals surface area contributed by atoms with Crippen molar-refractivity contribution in [2.45, 2.75) is 33.6 Å². The molecule has 1 aromatic carbocycles. The van der Waals surface area contributed by atoms with Crippen LogP contribution in [0.15, 0.2) is 24.3 Å². The molecule has 0 atom stereocenters. The van der Waals surface area contributed by atoms with Gasteiger partial charge in [0.2, 0.25) is 0 Å². The molecule has 1 heterocycles. The summed E-state index contributed by atoms with van der Waals surface area (Å²) in [6.07, 6.45) is 1.71. The SMILES string of the molecule is COc1ccc(CCNc2cc(C(=O)NCCC(C)C)nc(C)n2)cc1OC. The summed E-state index contributed by atoms with van der Waals surface area (Å²) in [5.74, 6) is 2.99. The van der Waals surface area contributed by atoms with Gasteiger partial charge in [-0.15, -0.1) is 0 Å². The Morgan fingerprint density at radius 2 is 1.82 bits per heavy atom. The number of aromatic nitrogens is 2. The van der Waals surface area contributed by atoms with Crippen molar-refractivity contribution in [3.63, 3.8) is 0 Å². The molecule has 2 aromatic rings. The van der Waals surface area contributed by atoms with Crippen molar-refractivity contribution < 1.29 is 14.3 Å². The Balaban J connectivity index is 1.95. The first kappa shape index (κ1) is 21.5. The van der Waals surface area contributed by atoms with E-state index in [-0.39, 0.29) is 5.91 Å². The highest BCUT2D eigenvalue weighted by Gasteiger charge is 2.11. The molecule has 0 aliphatic carbocycles. The summed E-state index contributed by atoms with van der Waals surface area (Å²) in [6, 6.07) is 7.54. The van der Waals surface area contributed by atoms with Gasteiger partial charge >= 0.3 is 0 Å². The third kappa shape index (κ3) is 6.40. The standard InChI is InChI=1S/C21H30N4O3/c1-14(2)8-10-23-21(26)17-13-20(25-15(3)24-17)22-11-9-16-6-7-18(27-4)19(12-16)28-5/h6-7,12-14H,8-11H2,1-5H3,(H,23,26)(H,22,24,25). The fourth-order valence-electron chi connectivity index (χ4n) is 2.71. The van der Waals surface area contributed by atoms with Gasteiger partial charge in [0.1, 0.15) is 17.3 Å². The van der Waals surface area contributed by atoms with Crippen LogP contribution in [0, 0.1) is 12.8 Å². The van der Waals surface area contributed by atoms with Gasteiger partial charge in [-0.05, 0) is 43.4 Å². The predicted octanol–water partition coefficient (Wildman–Crippen LogP) is 3.23. The van der Waals surface area contributed by atoms with E-state index in [1.807, 2.05) is 18.2 Å². The van der Waals surface area contributed by atoms with Gasteiger partial charge in [-0.1, -0.05) is 19.9 Å². The molecule has 0 unspecified atom stereocenters. The second-order valence-corrected chi connectivity index (χ2v) is 6.99. The van der Waals surface area contributed by atoms with Gasteiger partial charge < -0.3 is 20.1 Å². The zero-order valence-corrected chi connectivity index (χ0v) is 17.3. The highest BCUT2D eigenvalue weighted by Crippen LogP contribution is 2.27. The topological polar surface area (TPSA) is 85.4 Å². The molecule has 0 bridgehead atoms. The van der Waals surface area contributed by atoms with Crippen LogP contribution in [0.4, 0.5) is 5.82 Å². The second kappa shape index (κ2) is 10.5. The Kier molecular flexibility index (Phi) is 8.04. The summed E-state index contributed by atoms with van der Waals surface area (Å²) in [6.45, 7) is 7.34. The van der Waals surface area contributed by atoms with E-state index in [1.54, 1.807) is 27.2 Å². The lowest BCUT2D eigenvalue weighted by atomic mass is 10.1. The molecule has 7 heteroatoms. The summed E-state index contributed by atoms with van der Waals surface area (Å²) in [5, 5.41) is 6.17. The molecular formula is C21H30N4O3. The minimum absolute atomic E-state index is 0.172. The number of benzene rings is 1. The lowest BCUT2D eigenvalue weighted by Crippen LogP contribution is -2.26. The summed E-state index contributed by atoms with van der Waals surface area (Å²) in [5.41, 5.74) is 1.49. The molecule has 0 radical (unpaired) electrons. The third-order valence-electron chi connectivity index (χ3n) is 4.25. The second-order valence-electron chi connectivity index (χ2n) is 6.99. The Morgan fingerprint density at radius 1 is 1.07 bits per heavy atom. The number of rotatable bonds is 10. The van der Waals surface area contributed by atoms with E-state index in [0.29, 0.717) is 47.8 Å². The van der Waals surface area contributed by atoms with Crippen LogP contribution in [0.5, 0.6) is 11.5 Å². The summed E-state index contributed by atoms with van der Waals surface area (Å²) >= 11 is 0. The van der Waals surface area contributed by atoms with Crippen molar-refractivity contribution in [3.8, 4) is 11.5 Å². The quantitative estimate of drug-likeness (QED) is 0.652. The van der Waals surface area contributed by atoms with Gasteiger partial charge in [-0.3, -0.25) is 4.79 Å². The van der Waals surface area contributed by atoms with Crippen LogP contribution in [-0.4, -0.2) is 43.2 Å². The molecule has 0 aliphatic rings. The Hall–Kier alpha value is -2.83. The van der Waals surface area contributed by atoms with E-state index >= 15 is 0 Å². The number of anilines is 1. The third-order valence-corrected chi connectivity index (χ3v) is 4.25. The number of ether oxygens (including phenoxy) is 2. The number of hydrogen-bond acceptors (Lipinski definition) is 6. The van der Waals surface area contributed by atoms with E-state index < -0.39 is 0 Å². The zero-order valence-electron chi connectivity index (χ0n) is 17.3. The van der Waals surface area contributed by atoms with Crippen molar-refractivity contribution in [2.24, 2.45) is 5.92 Å². The van der Waals surface area contributed by atoms with Crippen molar-refractivity contribution in [2.75, 3.05) is 32.6 Å². The molecule has 1 aromatic heterocycles. The largest absolute Gasteiger partial charge is 0.493 e. The molecule has 0 saturated carbocycles. The molecule has 0 fully saturated rings. The van der Waals surface area contributed by atoms with E-state index in [2.05, 4.69) is 34.4 Å². The Labute approximate surface area is 166 Å². The smallest absolute Gasteiger partial charge is 0.270 e. The first-order valence-electron chi connectivity index (χ1n) is 9.51. The molecule has 28 heavy (non-hydrogen) atoms. The predicted molar refractivity (Wildman–Crippen MR) is 110 cm³/mol.